The van der Waals surface area contributed by atoms with Crippen molar-refractivity contribution in [3.63, 3.8) is 0 Å². The van der Waals surface area contributed by atoms with Crippen LogP contribution in [0.15, 0.2) is 0 Å². The van der Waals surface area contributed by atoms with Gasteiger partial charge in [0.2, 0.25) is 0 Å². The minimum absolute atomic E-state index is 0.00989. The number of nitrogens with zero attached hydrogens (tertiary/aromatic N) is 3. The van der Waals surface area contributed by atoms with Gasteiger partial charge in [0, 0.05) is 18.3 Å². The zero-order valence-electron chi connectivity index (χ0n) is 11.3. The first kappa shape index (κ1) is 14.5. The summed E-state index contributed by atoms with van der Waals surface area (Å²) in [5, 5.41) is 26.9. The molecule has 5 atom stereocenters. The zero-order valence-corrected chi connectivity index (χ0v) is 11.3. The Hall–Kier alpha value is -1.53. The van der Waals surface area contributed by atoms with Gasteiger partial charge >= 0.3 is 0 Å². The van der Waals surface area contributed by atoms with Gasteiger partial charge < -0.3 is 0 Å². The predicted molar refractivity (Wildman–Crippen MR) is 68.7 cm³/mol. The summed E-state index contributed by atoms with van der Waals surface area (Å²) < 4.78 is 0. The second-order valence-corrected chi connectivity index (χ2v) is 5.54. The van der Waals surface area contributed by atoms with Gasteiger partial charge in [-0.1, -0.05) is 6.42 Å². The third kappa shape index (κ3) is 3.48. The number of rotatable bonds is 4. The van der Waals surface area contributed by atoms with Crippen LogP contribution in [0.1, 0.15) is 46.0 Å². The minimum atomic E-state index is 0.00989. The molecule has 0 aliphatic heterocycles. The predicted octanol–water partition coefficient (Wildman–Crippen LogP) is 3.64. The standard InChI is InChI=1S/C15H21N3/c1-11(9-17)14-6-5-13(4-3-7-16)8-15(14)12(2)10-18/h11-15H,3-6,8H2,1-2H3. The molecule has 0 heterocycles. The molecule has 0 aromatic heterocycles. The second kappa shape index (κ2) is 7.03. The van der Waals surface area contributed by atoms with Crippen molar-refractivity contribution in [1.29, 1.82) is 15.8 Å². The molecule has 3 heteroatoms. The van der Waals surface area contributed by atoms with Gasteiger partial charge in [-0.15, -0.1) is 0 Å². The molecule has 5 unspecified atom stereocenters. The van der Waals surface area contributed by atoms with Gasteiger partial charge in [-0.25, -0.2) is 0 Å². The monoisotopic (exact) mass is 243 g/mol. The molecule has 0 N–H and O–H groups in total. The molecule has 0 spiro atoms. The molecule has 0 amide bonds. The van der Waals surface area contributed by atoms with Crippen molar-refractivity contribution in [3.8, 4) is 18.2 Å². The van der Waals surface area contributed by atoms with E-state index in [0.717, 1.165) is 25.7 Å². The molecule has 1 aliphatic rings. The van der Waals surface area contributed by atoms with Crippen molar-refractivity contribution in [2.45, 2.75) is 46.0 Å². The Morgan fingerprint density at radius 3 is 2.17 bits per heavy atom. The lowest BCUT2D eigenvalue weighted by Gasteiger charge is -2.38. The molecule has 0 radical (unpaired) electrons. The maximum absolute atomic E-state index is 9.14. The molecule has 1 aliphatic carbocycles. The van der Waals surface area contributed by atoms with Crippen LogP contribution in [0, 0.1) is 63.6 Å². The highest BCUT2D eigenvalue weighted by atomic mass is 14.4. The number of hydrogen-bond donors (Lipinski definition) is 0. The van der Waals surface area contributed by atoms with E-state index in [0.29, 0.717) is 24.2 Å². The van der Waals surface area contributed by atoms with Gasteiger partial charge in [0.1, 0.15) is 0 Å². The molecule has 0 aromatic rings. The maximum atomic E-state index is 9.14. The lowest BCUT2D eigenvalue weighted by Crippen LogP contribution is -2.32. The van der Waals surface area contributed by atoms with Crippen LogP contribution in [-0.4, -0.2) is 0 Å². The summed E-state index contributed by atoms with van der Waals surface area (Å²) in [4.78, 5) is 0. The van der Waals surface area contributed by atoms with Gasteiger partial charge in [0.15, 0.2) is 0 Å². The average molecular weight is 243 g/mol. The summed E-state index contributed by atoms with van der Waals surface area (Å²) in [5.74, 6) is 1.27. The molecular weight excluding hydrogens is 222 g/mol. The fourth-order valence-electron chi connectivity index (χ4n) is 3.24. The Balaban J connectivity index is 2.71. The van der Waals surface area contributed by atoms with E-state index >= 15 is 0 Å². The van der Waals surface area contributed by atoms with Crippen LogP contribution in [0.4, 0.5) is 0 Å². The maximum Gasteiger partial charge on any atom is 0.0655 e. The minimum Gasteiger partial charge on any atom is -0.198 e. The smallest absolute Gasteiger partial charge is 0.0655 e. The van der Waals surface area contributed by atoms with E-state index in [-0.39, 0.29) is 11.8 Å². The Labute approximate surface area is 110 Å². The lowest BCUT2D eigenvalue weighted by molar-refractivity contribution is 0.119. The van der Waals surface area contributed by atoms with Gasteiger partial charge in [-0.2, -0.15) is 15.8 Å². The second-order valence-electron chi connectivity index (χ2n) is 5.54. The molecule has 0 saturated heterocycles. The number of hydrogen-bond acceptors (Lipinski definition) is 3. The summed E-state index contributed by atoms with van der Waals surface area (Å²) >= 11 is 0. The van der Waals surface area contributed by atoms with Crippen LogP contribution in [0.5, 0.6) is 0 Å². The van der Waals surface area contributed by atoms with E-state index in [1.54, 1.807) is 0 Å². The van der Waals surface area contributed by atoms with Crippen molar-refractivity contribution < 1.29 is 0 Å². The Bertz CT molecular complexity index is 382. The zero-order chi connectivity index (χ0) is 13.5. The molecule has 1 fully saturated rings. The quantitative estimate of drug-likeness (QED) is 0.756. The van der Waals surface area contributed by atoms with E-state index in [1.807, 2.05) is 13.8 Å². The summed E-state index contributed by atoms with van der Waals surface area (Å²) in [6, 6.07) is 6.89. The summed E-state index contributed by atoms with van der Waals surface area (Å²) in [7, 11) is 0. The van der Waals surface area contributed by atoms with Crippen LogP contribution in [0.2, 0.25) is 0 Å². The van der Waals surface area contributed by atoms with Gasteiger partial charge in [-0.05, 0) is 50.9 Å². The van der Waals surface area contributed by atoms with Crippen molar-refractivity contribution in [2.24, 2.45) is 29.6 Å². The molecule has 96 valence electrons. The summed E-state index contributed by atoms with van der Waals surface area (Å²) in [5.41, 5.74) is 0. The van der Waals surface area contributed by atoms with Crippen LogP contribution in [-0.2, 0) is 0 Å². The normalized spacial score (nSPS) is 30.5. The lowest BCUT2D eigenvalue weighted by atomic mass is 9.65. The topological polar surface area (TPSA) is 71.4 Å². The van der Waals surface area contributed by atoms with E-state index < -0.39 is 0 Å². The highest BCUT2D eigenvalue weighted by Gasteiger charge is 2.36. The average Bonchev–Trinajstić information content (AvgIpc) is 2.43. The largest absolute Gasteiger partial charge is 0.198 e. The van der Waals surface area contributed by atoms with Crippen molar-refractivity contribution in [3.05, 3.63) is 0 Å². The van der Waals surface area contributed by atoms with Gasteiger partial charge in [0.25, 0.3) is 0 Å². The molecule has 0 aromatic carbocycles. The highest BCUT2D eigenvalue weighted by Crippen LogP contribution is 2.43. The Morgan fingerprint density at radius 2 is 1.61 bits per heavy atom. The third-order valence-corrected chi connectivity index (χ3v) is 4.42. The molecule has 1 saturated carbocycles. The molecule has 18 heavy (non-hydrogen) atoms. The van der Waals surface area contributed by atoms with E-state index in [2.05, 4.69) is 18.2 Å². The fraction of sp³-hybridized carbons (Fsp3) is 0.800. The van der Waals surface area contributed by atoms with Crippen LogP contribution in [0.25, 0.3) is 0 Å². The van der Waals surface area contributed by atoms with E-state index in [4.69, 9.17) is 15.8 Å². The molecule has 3 nitrogen and oxygen atoms in total. The Kier molecular flexibility index (Phi) is 5.67. The summed E-state index contributed by atoms with van der Waals surface area (Å²) in [6.07, 6.45) is 4.69. The van der Waals surface area contributed by atoms with Crippen LogP contribution < -0.4 is 0 Å². The van der Waals surface area contributed by atoms with E-state index in [1.165, 1.54) is 0 Å². The Morgan fingerprint density at radius 1 is 1.00 bits per heavy atom. The van der Waals surface area contributed by atoms with Crippen molar-refractivity contribution >= 4 is 0 Å². The van der Waals surface area contributed by atoms with Crippen molar-refractivity contribution in [1.82, 2.24) is 0 Å². The molecular formula is C15H21N3. The van der Waals surface area contributed by atoms with Gasteiger partial charge in [0.05, 0.1) is 18.2 Å². The van der Waals surface area contributed by atoms with E-state index in [9.17, 15) is 0 Å². The van der Waals surface area contributed by atoms with Crippen molar-refractivity contribution in [2.75, 3.05) is 0 Å². The third-order valence-electron chi connectivity index (χ3n) is 4.42. The molecule has 1 rings (SSSR count). The fourth-order valence-corrected chi connectivity index (χ4v) is 3.24. The molecule has 0 bridgehead atoms. The van der Waals surface area contributed by atoms with Crippen LogP contribution >= 0.6 is 0 Å². The first-order valence-electron chi connectivity index (χ1n) is 6.80. The first-order valence-corrected chi connectivity index (χ1v) is 6.80. The SMILES string of the molecule is CC(C#N)C1CCC(CCC#N)CC1C(C)C#N. The van der Waals surface area contributed by atoms with Crippen LogP contribution in [0.3, 0.4) is 0 Å². The van der Waals surface area contributed by atoms with Gasteiger partial charge in [-0.3, -0.25) is 0 Å². The highest BCUT2D eigenvalue weighted by molar-refractivity contribution is 4.97. The summed E-state index contributed by atoms with van der Waals surface area (Å²) in [6.45, 7) is 3.94. The number of nitriles is 3. The first-order chi connectivity index (χ1) is 8.63.